The summed E-state index contributed by atoms with van der Waals surface area (Å²) in [6.45, 7) is 1.88. The zero-order valence-corrected chi connectivity index (χ0v) is 10.9. The molecule has 0 bridgehead atoms. The molecule has 0 N–H and O–H groups in total. The Bertz CT molecular complexity index is 463. The number of Topliss-reactive ketones (excluding diaryl/α,β-unsaturated/α-hetero) is 1. The van der Waals surface area contributed by atoms with Gasteiger partial charge in [0.2, 0.25) is 0 Å². The second-order valence-corrected chi connectivity index (χ2v) is 4.93. The second-order valence-electron chi connectivity index (χ2n) is 4.93. The lowest BCUT2D eigenvalue weighted by atomic mass is 10.0. The topological polar surface area (TPSA) is 44.8 Å². The van der Waals surface area contributed by atoms with Crippen LogP contribution in [0.1, 0.15) is 36.0 Å². The molecule has 2 heterocycles. The Kier molecular flexibility index (Phi) is 3.69. The Hall–Kier alpha value is -1.55. The SMILES string of the molecule is O=C(CCC1CCCO1)c1cccc2c1OCCO2. The molecule has 4 nitrogen and oxygen atoms in total. The van der Waals surface area contributed by atoms with Gasteiger partial charge in [-0.15, -0.1) is 0 Å². The van der Waals surface area contributed by atoms with Crippen LogP contribution in [0, 0.1) is 0 Å². The minimum absolute atomic E-state index is 0.109. The fraction of sp³-hybridized carbons (Fsp3) is 0.533. The highest BCUT2D eigenvalue weighted by molar-refractivity contribution is 5.99. The standard InChI is InChI=1S/C15H18O4/c16-13(7-6-11-3-2-8-17-11)12-4-1-5-14-15(12)19-10-9-18-14/h1,4-5,11H,2-3,6-10H2. The van der Waals surface area contributed by atoms with Crippen molar-refractivity contribution in [2.24, 2.45) is 0 Å². The molecule has 1 unspecified atom stereocenters. The number of carbonyl (C=O) groups is 1. The summed E-state index contributed by atoms with van der Waals surface area (Å²) >= 11 is 0. The van der Waals surface area contributed by atoms with Gasteiger partial charge in [0.25, 0.3) is 0 Å². The highest BCUT2D eigenvalue weighted by Gasteiger charge is 2.22. The second kappa shape index (κ2) is 5.61. The number of para-hydroxylation sites is 1. The van der Waals surface area contributed by atoms with Crippen molar-refractivity contribution in [2.75, 3.05) is 19.8 Å². The number of benzene rings is 1. The molecule has 1 fully saturated rings. The highest BCUT2D eigenvalue weighted by atomic mass is 16.6. The summed E-state index contributed by atoms with van der Waals surface area (Å²) in [5.74, 6) is 1.39. The lowest BCUT2D eigenvalue weighted by Crippen LogP contribution is -2.18. The van der Waals surface area contributed by atoms with Gasteiger partial charge in [0.1, 0.15) is 13.2 Å². The van der Waals surface area contributed by atoms with Crippen molar-refractivity contribution in [3.05, 3.63) is 23.8 Å². The molecule has 2 aliphatic rings. The van der Waals surface area contributed by atoms with Crippen LogP contribution in [-0.4, -0.2) is 31.7 Å². The Balaban J connectivity index is 1.68. The van der Waals surface area contributed by atoms with E-state index in [2.05, 4.69) is 0 Å². The summed E-state index contributed by atoms with van der Waals surface area (Å²) in [5, 5.41) is 0. The number of ketones is 1. The molecular weight excluding hydrogens is 244 g/mol. The minimum Gasteiger partial charge on any atom is -0.486 e. The van der Waals surface area contributed by atoms with Crippen LogP contribution in [0.2, 0.25) is 0 Å². The van der Waals surface area contributed by atoms with Crippen LogP contribution in [0.5, 0.6) is 11.5 Å². The molecule has 1 aromatic rings. The first-order valence-corrected chi connectivity index (χ1v) is 6.88. The van der Waals surface area contributed by atoms with Crippen molar-refractivity contribution in [1.29, 1.82) is 0 Å². The van der Waals surface area contributed by atoms with Gasteiger partial charge in [-0.2, -0.15) is 0 Å². The monoisotopic (exact) mass is 262 g/mol. The number of ether oxygens (including phenoxy) is 3. The van der Waals surface area contributed by atoms with E-state index in [1.54, 1.807) is 0 Å². The van der Waals surface area contributed by atoms with Crippen molar-refractivity contribution >= 4 is 5.78 Å². The summed E-state index contributed by atoms with van der Waals surface area (Å²) in [4.78, 5) is 12.3. The van der Waals surface area contributed by atoms with Gasteiger partial charge in [-0.25, -0.2) is 0 Å². The largest absolute Gasteiger partial charge is 0.486 e. The number of rotatable bonds is 4. The fourth-order valence-electron chi connectivity index (χ4n) is 2.59. The molecule has 0 spiro atoms. The van der Waals surface area contributed by atoms with Crippen molar-refractivity contribution in [2.45, 2.75) is 31.8 Å². The van der Waals surface area contributed by atoms with E-state index >= 15 is 0 Å². The minimum atomic E-state index is 0.109. The molecule has 102 valence electrons. The van der Waals surface area contributed by atoms with Crippen LogP contribution in [0.25, 0.3) is 0 Å². The average molecular weight is 262 g/mol. The van der Waals surface area contributed by atoms with Crippen LogP contribution in [0.3, 0.4) is 0 Å². The van der Waals surface area contributed by atoms with Crippen molar-refractivity contribution in [1.82, 2.24) is 0 Å². The van der Waals surface area contributed by atoms with E-state index in [4.69, 9.17) is 14.2 Å². The smallest absolute Gasteiger partial charge is 0.172 e. The van der Waals surface area contributed by atoms with Gasteiger partial charge < -0.3 is 14.2 Å². The maximum Gasteiger partial charge on any atom is 0.172 e. The third-order valence-electron chi connectivity index (χ3n) is 3.58. The molecule has 2 aliphatic heterocycles. The van der Waals surface area contributed by atoms with Gasteiger partial charge in [0.05, 0.1) is 11.7 Å². The van der Waals surface area contributed by atoms with Crippen LogP contribution in [0.15, 0.2) is 18.2 Å². The Morgan fingerprint density at radius 1 is 1.21 bits per heavy atom. The Labute approximate surface area is 112 Å². The first-order valence-electron chi connectivity index (χ1n) is 6.88. The maximum atomic E-state index is 12.3. The van der Waals surface area contributed by atoms with Gasteiger partial charge in [0, 0.05) is 13.0 Å². The molecule has 1 aromatic carbocycles. The summed E-state index contributed by atoms with van der Waals surface area (Å²) in [7, 11) is 0. The number of hydrogen-bond acceptors (Lipinski definition) is 4. The Morgan fingerprint density at radius 3 is 2.95 bits per heavy atom. The molecule has 0 aliphatic carbocycles. The van der Waals surface area contributed by atoms with Gasteiger partial charge in [0.15, 0.2) is 17.3 Å². The maximum absolute atomic E-state index is 12.3. The highest BCUT2D eigenvalue weighted by Crippen LogP contribution is 2.34. The number of carbonyl (C=O) groups excluding carboxylic acids is 1. The van der Waals surface area contributed by atoms with E-state index < -0.39 is 0 Å². The van der Waals surface area contributed by atoms with E-state index in [9.17, 15) is 4.79 Å². The molecule has 0 saturated carbocycles. The molecule has 1 saturated heterocycles. The summed E-state index contributed by atoms with van der Waals surface area (Å²) < 4.78 is 16.6. The molecule has 4 heteroatoms. The molecular formula is C15H18O4. The van der Waals surface area contributed by atoms with Crippen LogP contribution < -0.4 is 9.47 Å². The van der Waals surface area contributed by atoms with Gasteiger partial charge in [-0.05, 0) is 31.4 Å². The zero-order chi connectivity index (χ0) is 13.1. The predicted molar refractivity (Wildman–Crippen MR) is 70.0 cm³/mol. The van der Waals surface area contributed by atoms with Crippen LogP contribution in [0.4, 0.5) is 0 Å². The van der Waals surface area contributed by atoms with Crippen molar-refractivity contribution in [3.63, 3.8) is 0 Å². The van der Waals surface area contributed by atoms with E-state index in [1.165, 1.54) is 0 Å². The summed E-state index contributed by atoms with van der Waals surface area (Å²) in [5.41, 5.74) is 0.634. The molecule has 1 atom stereocenters. The molecule has 0 radical (unpaired) electrons. The van der Waals surface area contributed by atoms with E-state index in [0.717, 1.165) is 25.9 Å². The van der Waals surface area contributed by atoms with Crippen molar-refractivity contribution in [3.8, 4) is 11.5 Å². The van der Waals surface area contributed by atoms with E-state index in [1.807, 2.05) is 18.2 Å². The normalized spacial score (nSPS) is 21.4. The molecule has 0 aromatic heterocycles. The zero-order valence-electron chi connectivity index (χ0n) is 10.9. The van der Waals surface area contributed by atoms with Crippen LogP contribution in [-0.2, 0) is 4.74 Å². The van der Waals surface area contributed by atoms with Crippen molar-refractivity contribution < 1.29 is 19.0 Å². The summed E-state index contributed by atoms with van der Waals surface area (Å²) in [6, 6.07) is 5.49. The Morgan fingerprint density at radius 2 is 2.11 bits per heavy atom. The molecule has 0 amide bonds. The fourth-order valence-corrected chi connectivity index (χ4v) is 2.59. The van der Waals surface area contributed by atoms with E-state index in [-0.39, 0.29) is 11.9 Å². The van der Waals surface area contributed by atoms with E-state index in [0.29, 0.717) is 36.7 Å². The number of fused-ring (bicyclic) bond motifs is 1. The quantitative estimate of drug-likeness (QED) is 0.782. The van der Waals surface area contributed by atoms with Gasteiger partial charge in [-0.3, -0.25) is 4.79 Å². The molecule has 3 rings (SSSR count). The third-order valence-corrected chi connectivity index (χ3v) is 3.58. The summed E-state index contributed by atoms with van der Waals surface area (Å²) in [6.07, 6.45) is 3.73. The first kappa shape index (κ1) is 12.5. The number of hydrogen-bond donors (Lipinski definition) is 0. The predicted octanol–water partition coefficient (Wildman–Crippen LogP) is 2.60. The average Bonchev–Trinajstić information content (AvgIpc) is 2.97. The molecule has 19 heavy (non-hydrogen) atoms. The van der Waals surface area contributed by atoms with Gasteiger partial charge in [-0.1, -0.05) is 6.07 Å². The van der Waals surface area contributed by atoms with Crippen LogP contribution >= 0.6 is 0 Å². The third kappa shape index (κ3) is 2.73. The lowest BCUT2D eigenvalue weighted by molar-refractivity contribution is 0.0852. The lowest BCUT2D eigenvalue weighted by Gasteiger charge is -2.20. The van der Waals surface area contributed by atoms with Gasteiger partial charge >= 0.3 is 0 Å². The first-order chi connectivity index (χ1) is 9.34.